The fourth-order valence-electron chi connectivity index (χ4n) is 3.43. The summed E-state index contributed by atoms with van der Waals surface area (Å²) in [6.45, 7) is 4.69. The van der Waals surface area contributed by atoms with Gasteiger partial charge in [0.15, 0.2) is 0 Å². The molecule has 0 aromatic heterocycles. The van der Waals surface area contributed by atoms with Crippen molar-refractivity contribution in [2.24, 2.45) is 0 Å². The third-order valence-electron chi connectivity index (χ3n) is 5.24. The second-order valence-electron chi connectivity index (χ2n) is 7.69. The molecule has 0 spiro atoms. The molecule has 8 nitrogen and oxygen atoms in total. The Morgan fingerprint density at radius 3 is 2.42 bits per heavy atom. The molecule has 2 aromatic rings. The van der Waals surface area contributed by atoms with Gasteiger partial charge in [0, 0.05) is 17.9 Å². The Bertz CT molecular complexity index is 965. The summed E-state index contributed by atoms with van der Waals surface area (Å²) >= 11 is 0. The maximum absolute atomic E-state index is 13.2. The van der Waals surface area contributed by atoms with E-state index in [4.69, 9.17) is 4.74 Å². The van der Waals surface area contributed by atoms with Crippen LogP contribution in [0.25, 0.3) is 0 Å². The second kappa shape index (κ2) is 11.3. The van der Waals surface area contributed by atoms with Gasteiger partial charge in [-0.3, -0.25) is 14.5 Å². The van der Waals surface area contributed by atoms with Crippen LogP contribution in [0, 0.1) is 5.82 Å². The van der Waals surface area contributed by atoms with Gasteiger partial charge in [-0.25, -0.2) is 9.18 Å². The Labute approximate surface area is 192 Å². The second-order valence-corrected chi connectivity index (χ2v) is 7.69. The third-order valence-corrected chi connectivity index (χ3v) is 5.24. The molecule has 3 rings (SSSR count). The van der Waals surface area contributed by atoms with Gasteiger partial charge in [-0.05, 0) is 61.9 Å². The molecule has 1 aliphatic rings. The van der Waals surface area contributed by atoms with Crippen LogP contribution in [0.4, 0.5) is 20.6 Å². The van der Waals surface area contributed by atoms with Crippen molar-refractivity contribution in [3.05, 3.63) is 54.3 Å². The zero-order chi connectivity index (χ0) is 23.8. The first-order valence-corrected chi connectivity index (χ1v) is 11.0. The lowest BCUT2D eigenvalue weighted by atomic mass is 10.3. The number of benzene rings is 2. The predicted octanol–water partition coefficient (Wildman–Crippen LogP) is 3.69. The molecule has 0 saturated carbocycles. The molecular weight excluding hydrogens is 427 g/mol. The van der Waals surface area contributed by atoms with E-state index in [1.165, 1.54) is 39.0 Å². The van der Waals surface area contributed by atoms with Crippen LogP contribution in [0.2, 0.25) is 0 Å². The van der Waals surface area contributed by atoms with Crippen molar-refractivity contribution in [3.63, 3.8) is 0 Å². The van der Waals surface area contributed by atoms with Gasteiger partial charge in [0.2, 0.25) is 11.8 Å². The Balaban J connectivity index is 1.62. The molecule has 33 heavy (non-hydrogen) atoms. The van der Waals surface area contributed by atoms with E-state index in [-0.39, 0.29) is 37.6 Å². The smallest absolute Gasteiger partial charge is 0.322 e. The summed E-state index contributed by atoms with van der Waals surface area (Å²) in [7, 11) is 0. The van der Waals surface area contributed by atoms with E-state index in [2.05, 4.69) is 5.32 Å². The summed E-state index contributed by atoms with van der Waals surface area (Å²) in [4.78, 5) is 42.5. The number of urea groups is 1. The summed E-state index contributed by atoms with van der Waals surface area (Å²) in [5, 5.41) is 2.81. The zero-order valence-corrected chi connectivity index (χ0v) is 18.9. The van der Waals surface area contributed by atoms with Gasteiger partial charge in [-0.2, -0.15) is 0 Å². The number of hydrogen-bond acceptors (Lipinski definition) is 4. The monoisotopic (exact) mass is 456 g/mol. The van der Waals surface area contributed by atoms with Gasteiger partial charge in [0.1, 0.15) is 31.3 Å². The van der Waals surface area contributed by atoms with Gasteiger partial charge >= 0.3 is 6.03 Å². The molecule has 176 valence electrons. The molecule has 2 aromatic carbocycles. The molecule has 0 aliphatic carbocycles. The van der Waals surface area contributed by atoms with Crippen LogP contribution >= 0.6 is 0 Å². The first-order chi connectivity index (χ1) is 15.9. The highest BCUT2D eigenvalue weighted by molar-refractivity contribution is 6.01. The highest BCUT2D eigenvalue weighted by Gasteiger charge is 2.33. The minimum atomic E-state index is -0.400. The largest absolute Gasteiger partial charge is 0.494 e. The molecule has 1 fully saturated rings. The van der Waals surface area contributed by atoms with Crippen LogP contribution in [0.15, 0.2) is 48.5 Å². The summed E-state index contributed by atoms with van der Waals surface area (Å²) in [6.07, 6.45) is 1.60. The van der Waals surface area contributed by atoms with Crippen LogP contribution < -0.4 is 15.0 Å². The van der Waals surface area contributed by atoms with Crippen LogP contribution in [-0.2, 0) is 9.59 Å². The first-order valence-electron chi connectivity index (χ1n) is 11.0. The normalized spacial score (nSPS) is 13.2. The van der Waals surface area contributed by atoms with Crippen molar-refractivity contribution in [1.29, 1.82) is 0 Å². The molecule has 1 N–H and O–H groups in total. The van der Waals surface area contributed by atoms with Crippen LogP contribution in [-0.4, -0.2) is 60.6 Å². The van der Waals surface area contributed by atoms with Crippen molar-refractivity contribution in [1.82, 2.24) is 9.80 Å². The molecular formula is C24H29FN4O4. The average Bonchev–Trinajstić information content (AvgIpc) is 3.20. The lowest BCUT2D eigenvalue weighted by Crippen LogP contribution is -2.44. The van der Waals surface area contributed by atoms with E-state index >= 15 is 0 Å². The maximum atomic E-state index is 13.2. The minimum absolute atomic E-state index is 0.0609. The number of anilines is 2. The van der Waals surface area contributed by atoms with Crippen molar-refractivity contribution >= 4 is 29.2 Å². The molecule has 1 aliphatic heterocycles. The zero-order valence-electron chi connectivity index (χ0n) is 18.9. The van der Waals surface area contributed by atoms with E-state index in [1.807, 2.05) is 13.8 Å². The van der Waals surface area contributed by atoms with E-state index in [9.17, 15) is 18.8 Å². The van der Waals surface area contributed by atoms with E-state index in [0.717, 1.165) is 12.8 Å². The van der Waals surface area contributed by atoms with E-state index in [0.29, 0.717) is 30.3 Å². The summed E-state index contributed by atoms with van der Waals surface area (Å²) < 4.78 is 18.6. The predicted molar refractivity (Wildman–Crippen MR) is 124 cm³/mol. The summed E-state index contributed by atoms with van der Waals surface area (Å²) in [5.41, 5.74) is 1.11. The Morgan fingerprint density at radius 2 is 1.79 bits per heavy atom. The molecule has 0 atom stereocenters. The number of ether oxygens (including phenoxy) is 1. The average molecular weight is 457 g/mol. The van der Waals surface area contributed by atoms with Crippen molar-refractivity contribution in [2.75, 3.05) is 43.1 Å². The molecule has 1 heterocycles. The Morgan fingerprint density at radius 1 is 1.09 bits per heavy atom. The molecule has 0 unspecified atom stereocenters. The summed E-state index contributed by atoms with van der Waals surface area (Å²) in [5.74, 6) is -0.277. The number of nitrogens with one attached hydrogen (secondary N) is 1. The highest BCUT2D eigenvalue weighted by atomic mass is 19.1. The number of halogens is 1. The maximum Gasteiger partial charge on any atom is 0.322 e. The lowest BCUT2D eigenvalue weighted by molar-refractivity contribution is -0.132. The lowest BCUT2D eigenvalue weighted by Gasteiger charge is -2.25. The first kappa shape index (κ1) is 24.0. The van der Waals surface area contributed by atoms with Gasteiger partial charge in [0.25, 0.3) is 0 Å². The third kappa shape index (κ3) is 6.44. The number of rotatable bonds is 9. The topological polar surface area (TPSA) is 82.2 Å². The van der Waals surface area contributed by atoms with Gasteiger partial charge in [-0.15, -0.1) is 0 Å². The molecule has 0 bridgehead atoms. The number of hydrogen-bond donors (Lipinski definition) is 1. The number of carbonyl (C=O) groups excluding carboxylic acids is 3. The Hall–Kier alpha value is -3.62. The molecule has 0 radical (unpaired) electrons. The van der Waals surface area contributed by atoms with Crippen molar-refractivity contribution in [3.8, 4) is 5.75 Å². The van der Waals surface area contributed by atoms with Crippen molar-refractivity contribution < 1.29 is 23.5 Å². The standard InChI is InChI=1S/C24H29FN4O4/c1-3-5-14-27(24(32)26-19-8-12-21(13-9-19)33-4-2)15-22(30)28-16-23(31)29(17-28)20-10-6-18(25)7-11-20/h6-13H,3-5,14-17H2,1-2H3,(H,26,32). The minimum Gasteiger partial charge on any atom is -0.494 e. The fraction of sp³-hybridized carbons (Fsp3) is 0.375. The van der Waals surface area contributed by atoms with E-state index in [1.54, 1.807) is 24.3 Å². The van der Waals surface area contributed by atoms with Crippen molar-refractivity contribution in [2.45, 2.75) is 26.7 Å². The number of amides is 4. The van der Waals surface area contributed by atoms with E-state index < -0.39 is 5.82 Å². The molecule has 9 heteroatoms. The van der Waals surface area contributed by atoms with Gasteiger partial charge < -0.3 is 19.9 Å². The van der Waals surface area contributed by atoms with Crippen LogP contribution in [0.3, 0.4) is 0 Å². The molecule has 1 saturated heterocycles. The molecule has 4 amide bonds. The van der Waals surface area contributed by atoms with Gasteiger partial charge in [0.05, 0.1) is 6.61 Å². The summed E-state index contributed by atoms with van der Waals surface area (Å²) in [6, 6.07) is 12.2. The van der Waals surface area contributed by atoms with Crippen LogP contribution in [0.5, 0.6) is 5.75 Å². The Kier molecular flexibility index (Phi) is 8.23. The number of carbonyl (C=O) groups is 3. The fourth-order valence-corrected chi connectivity index (χ4v) is 3.43. The quantitative estimate of drug-likeness (QED) is 0.624. The van der Waals surface area contributed by atoms with Crippen LogP contribution in [0.1, 0.15) is 26.7 Å². The number of unbranched alkanes of at least 4 members (excludes halogenated alkanes) is 1. The highest BCUT2D eigenvalue weighted by Crippen LogP contribution is 2.20. The SMILES string of the molecule is CCCCN(CC(=O)N1CC(=O)N(c2ccc(F)cc2)C1)C(=O)Nc1ccc(OCC)cc1. The van der Waals surface area contributed by atoms with Gasteiger partial charge in [-0.1, -0.05) is 13.3 Å². The number of nitrogens with zero attached hydrogens (tertiary/aromatic N) is 3.